The second-order valence-corrected chi connectivity index (χ2v) is 7.46. The van der Waals surface area contributed by atoms with Gasteiger partial charge in [0.2, 0.25) is 0 Å². The van der Waals surface area contributed by atoms with E-state index in [1.54, 1.807) is 31.6 Å². The molecule has 3 aromatic heterocycles. The molecule has 0 atom stereocenters. The van der Waals surface area contributed by atoms with Crippen LogP contribution in [0.15, 0.2) is 67.3 Å². The van der Waals surface area contributed by atoms with Gasteiger partial charge < -0.3 is 19.7 Å². The summed E-state index contributed by atoms with van der Waals surface area (Å²) in [4.78, 5) is 23.1. The fraction of sp³-hybridized carbons (Fsp3) is 0.130. The van der Waals surface area contributed by atoms with Crippen LogP contribution in [0, 0.1) is 0 Å². The predicted octanol–water partition coefficient (Wildman–Crippen LogP) is 3.08. The zero-order chi connectivity index (χ0) is 22.1. The van der Waals surface area contributed by atoms with Crippen LogP contribution in [0.5, 0.6) is 0 Å². The Morgan fingerprint density at radius 3 is 2.88 bits per heavy atom. The van der Waals surface area contributed by atoms with Crippen molar-refractivity contribution in [2.75, 3.05) is 25.5 Å². The number of amides is 1. The maximum Gasteiger partial charge on any atom is 0.253 e. The highest BCUT2D eigenvalue weighted by molar-refractivity contribution is 5.94. The van der Waals surface area contributed by atoms with Gasteiger partial charge >= 0.3 is 0 Å². The SMILES string of the molecule is CN(CCO)C(=O)c1ccc(Nc2nc(-c3ccc4cn[nH]c4c3)cn3ccnc23)cc1. The summed E-state index contributed by atoms with van der Waals surface area (Å²) >= 11 is 0. The average Bonchev–Trinajstić information content (AvgIpc) is 3.48. The van der Waals surface area contributed by atoms with Crippen molar-refractivity contribution >= 4 is 34.0 Å². The zero-order valence-electron chi connectivity index (χ0n) is 17.4. The summed E-state index contributed by atoms with van der Waals surface area (Å²) < 4.78 is 1.92. The molecule has 0 aliphatic rings. The predicted molar refractivity (Wildman–Crippen MR) is 122 cm³/mol. The van der Waals surface area contributed by atoms with E-state index in [0.29, 0.717) is 17.0 Å². The Bertz CT molecular complexity index is 1410. The molecule has 0 radical (unpaired) electrons. The second kappa shape index (κ2) is 8.12. The van der Waals surface area contributed by atoms with E-state index < -0.39 is 0 Å². The van der Waals surface area contributed by atoms with Crippen molar-refractivity contribution in [2.24, 2.45) is 0 Å². The lowest BCUT2D eigenvalue weighted by molar-refractivity contribution is 0.0767. The lowest BCUT2D eigenvalue weighted by Gasteiger charge is -2.16. The van der Waals surface area contributed by atoms with Gasteiger partial charge in [0.15, 0.2) is 11.5 Å². The zero-order valence-corrected chi connectivity index (χ0v) is 17.4. The van der Waals surface area contributed by atoms with E-state index in [0.717, 1.165) is 27.8 Å². The van der Waals surface area contributed by atoms with Crippen molar-refractivity contribution in [1.29, 1.82) is 0 Å². The molecule has 0 unspecified atom stereocenters. The molecular formula is C23H21N7O2. The molecule has 9 heteroatoms. The molecule has 0 aliphatic heterocycles. The number of nitrogens with one attached hydrogen (secondary N) is 2. The van der Waals surface area contributed by atoms with Gasteiger partial charge in [-0.2, -0.15) is 5.10 Å². The first-order valence-electron chi connectivity index (χ1n) is 10.1. The topological polar surface area (TPSA) is 111 Å². The van der Waals surface area contributed by atoms with Crippen molar-refractivity contribution in [3.05, 3.63) is 72.8 Å². The molecule has 32 heavy (non-hydrogen) atoms. The summed E-state index contributed by atoms with van der Waals surface area (Å²) in [6, 6.07) is 13.2. The second-order valence-electron chi connectivity index (χ2n) is 7.46. The van der Waals surface area contributed by atoms with Crippen molar-refractivity contribution < 1.29 is 9.90 Å². The van der Waals surface area contributed by atoms with Crippen LogP contribution in [0.25, 0.3) is 27.8 Å². The summed E-state index contributed by atoms with van der Waals surface area (Å²) in [5.74, 6) is 0.462. The minimum absolute atomic E-state index is 0.0719. The fourth-order valence-electron chi connectivity index (χ4n) is 3.56. The van der Waals surface area contributed by atoms with Crippen molar-refractivity contribution in [3.8, 4) is 11.3 Å². The van der Waals surface area contributed by atoms with Crippen molar-refractivity contribution in [2.45, 2.75) is 0 Å². The molecule has 2 aromatic carbocycles. The number of imidazole rings is 1. The maximum absolute atomic E-state index is 12.4. The number of nitrogens with zero attached hydrogens (tertiary/aromatic N) is 5. The quantitative estimate of drug-likeness (QED) is 0.384. The molecule has 3 N–H and O–H groups in total. The molecular weight excluding hydrogens is 406 g/mol. The van der Waals surface area contributed by atoms with Gasteiger partial charge in [0, 0.05) is 54.4 Å². The third-order valence-electron chi connectivity index (χ3n) is 5.29. The first-order chi connectivity index (χ1) is 15.6. The Labute approximate surface area is 183 Å². The molecule has 0 spiro atoms. The number of carbonyl (C=O) groups is 1. The highest BCUT2D eigenvalue weighted by Crippen LogP contribution is 2.26. The van der Waals surface area contributed by atoms with Crippen LogP contribution in [0.2, 0.25) is 0 Å². The molecule has 0 saturated heterocycles. The number of aromatic nitrogens is 5. The molecule has 0 saturated carbocycles. The molecule has 0 aliphatic carbocycles. The Hall–Kier alpha value is -4.24. The van der Waals surface area contributed by atoms with Gasteiger partial charge in [-0.05, 0) is 30.3 Å². The molecule has 160 valence electrons. The standard InChI is InChI=1S/C23H21N7O2/c1-29(10-11-31)23(32)15-4-6-18(7-5-15)26-21-22-24-8-9-30(22)14-20(27-21)16-2-3-17-13-25-28-19(17)12-16/h2-9,12-14,31H,10-11H2,1H3,(H,25,28)(H,26,27). The summed E-state index contributed by atoms with van der Waals surface area (Å²) in [7, 11) is 1.66. The van der Waals surface area contributed by atoms with E-state index in [2.05, 4.69) is 20.5 Å². The highest BCUT2D eigenvalue weighted by Gasteiger charge is 2.13. The number of benzene rings is 2. The first kappa shape index (κ1) is 19.7. The number of H-pyrrole nitrogens is 1. The third-order valence-corrected chi connectivity index (χ3v) is 5.29. The Balaban J connectivity index is 1.46. The number of rotatable bonds is 6. The van der Waals surface area contributed by atoms with Crippen molar-refractivity contribution in [1.82, 2.24) is 29.5 Å². The van der Waals surface area contributed by atoms with Crippen LogP contribution in [-0.4, -0.2) is 60.7 Å². The number of fused-ring (bicyclic) bond motifs is 2. The number of hydrogen-bond donors (Lipinski definition) is 3. The molecule has 1 amide bonds. The summed E-state index contributed by atoms with van der Waals surface area (Å²) in [5, 5.41) is 20.5. The van der Waals surface area contributed by atoms with Crippen LogP contribution in [0.4, 0.5) is 11.5 Å². The molecule has 3 heterocycles. The van der Waals surface area contributed by atoms with Crippen LogP contribution >= 0.6 is 0 Å². The van der Waals surface area contributed by atoms with Gasteiger partial charge in [-0.1, -0.05) is 12.1 Å². The average molecular weight is 427 g/mol. The smallest absolute Gasteiger partial charge is 0.253 e. The monoisotopic (exact) mass is 427 g/mol. The van der Waals surface area contributed by atoms with Gasteiger partial charge in [-0.15, -0.1) is 0 Å². The van der Waals surface area contributed by atoms with Crippen LogP contribution in [0.1, 0.15) is 10.4 Å². The van der Waals surface area contributed by atoms with Gasteiger partial charge in [-0.25, -0.2) is 9.97 Å². The number of anilines is 2. The molecule has 0 fully saturated rings. The highest BCUT2D eigenvalue weighted by atomic mass is 16.3. The summed E-state index contributed by atoms with van der Waals surface area (Å²) in [5.41, 5.74) is 4.70. The Morgan fingerprint density at radius 2 is 2.06 bits per heavy atom. The van der Waals surface area contributed by atoms with Gasteiger partial charge in [-0.3, -0.25) is 9.89 Å². The van der Waals surface area contributed by atoms with E-state index in [-0.39, 0.29) is 19.1 Å². The first-order valence-corrected chi connectivity index (χ1v) is 10.1. The maximum atomic E-state index is 12.4. The minimum Gasteiger partial charge on any atom is -0.395 e. The van der Waals surface area contributed by atoms with Gasteiger partial charge in [0.1, 0.15) is 0 Å². The summed E-state index contributed by atoms with van der Waals surface area (Å²) in [6.07, 6.45) is 7.32. The van der Waals surface area contributed by atoms with E-state index in [1.165, 1.54) is 4.90 Å². The van der Waals surface area contributed by atoms with E-state index in [9.17, 15) is 4.79 Å². The van der Waals surface area contributed by atoms with Crippen LogP contribution in [0.3, 0.4) is 0 Å². The largest absolute Gasteiger partial charge is 0.395 e. The lowest BCUT2D eigenvalue weighted by Crippen LogP contribution is -2.29. The number of aliphatic hydroxyl groups is 1. The van der Waals surface area contributed by atoms with Crippen LogP contribution < -0.4 is 5.32 Å². The Kier molecular flexibility index (Phi) is 5.00. The summed E-state index contributed by atoms with van der Waals surface area (Å²) in [6.45, 7) is 0.218. The lowest BCUT2D eigenvalue weighted by atomic mass is 10.1. The van der Waals surface area contributed by atoms with Gasteiger partial charge in [0.05, 0.1) is 24.0 Å². The molecule has 5 rings (SSSR count). The number of aliphatic hydroxyl groups excluding tert-OH is 1. The molecule has 5 aromatic rings. The normalized spacial score (nSPS) is 11.2. The number of hydrogen-bond acceptors (Lipinski definition) is 6. The van der Waals surface area contributed by atoms with E-state index in [1.807, 2.05) is 47.1 Å². The van der Waals surface area contributed by atoms with Crippen LogP contribution in [-0.2, 0) is 0 Å². The molecule has 9 nitrogen and oxygen atoms in total. The molecule has 0 bridgehead atoms. The third kappa shape index (κ3) is 3.65. The number of aromatic amines is 1. The minimum atomic E-state index is -0.143. The van der Waals surface area contributed by atoms with Crippen molar-refractivity contribution in [3.63, 3.8) is 0 Å². The number of likely N-dealkylation sites (N-methyl/N-ethyl adjacent to an activating group) is 1. The van der Waals surface area contributed by atoms with Gasteiger partial charge in [0.25, 0.3) is 5.91 Å². The van der Waals surface area contributed by atoms with E-state index >= 15 is 0 Å². The number of carbonyl (C=O) groups excluding carboxylic acids is 1. The fourth-order valence-corrected chi connectivity index (χ4v) is 3.56. The Morgan fingerprint density at radius 1 is 1.22 bits per heavy atom. The van der Waals surface area contributed by atoms with E-state index in [4.69, 9.17) is 10.1 Å².